The molecule has 0 fully saturated rings. The second-order valence-electron chi connectivity index (χ2n) is 3.18. The van der Waals surface area contributed by atoms with Gasteiger partial charge >= 0.3 is 0 Å². The molecule has 2 rings (SSSR count). The molecule has 0 saturated carbocycles. The van der Waals surface area contributed by atoms with E-state index in [2.05, 4.69) is 15.5 Å². The Hall–Kier alpha value is -2.37. The van der Waals surface area contributed by atoms with Crippen LogP contribution in [0.2, 0.25) is 0 Å². The van der Waals surface area contributed by atoms with Gasteiger partial charge in [0.05, 0.1) is 5.56 Å². The number of hydrogen-bond acceptors (Lipinski definition) is 4. The summed E-state index contributed by atoms with van der Waals surface area (Å²) in [5.74, 6) is 0.0493. The summed E-state index contributed by atoms with van der Waals surface area (Å²) in [6.45, 7) is 1.71. The summed E-state index contributed by atoms with van der Waals surface area (Å²) in [6, 6.07) is 6.29. The molecule has 6 heteroatoms. The number of carbonyl (C=O) groups excluding carboxylic acids is 1. The van der Waals surface area contributed by atoms with Gasteiger partial charge in [0.15, 0.2) is 0 Å². The molecule has 0 saturated heterocycles. The van der Waals surface area contributed by atoms with Crippen molar-refractivity contribution < 1.29 is 9.90 Å². The second-order valence-corrected chi connectivity index (χ2v) is 3.18. The SMILES string of the molecule is Cc1ncnn1NC(=O)c1ccccc1O. The monoisotopic (exact) mass is 218 g/mol. The van der Waals surface area contributed by atoms with E-state index in [0.717, 1.165) is 0 Å². The van der Waals surface area contributed by atoms with Crippen LogP contribution in [0.15, 0.2) is 30.6 Å². The van der Waals surface area contributed by atoms with Crippen LogP contribution < -0.4 is 5.43 Å². The first-order chi connectivity index (χ1) is 7.68. The molecule has 1 aromatic heterocycles. The first-order valence-corrected chi connectivity index (χ1v) is 4.64. The third kappa shape index (κ3) is 1.85. The summed E-state index contributed by atoms with van der Waals surface area (Å²) in [5, 5.41) is 13.3. The van der Waals surface area contributed by atoms with Crippen molar-refractivity contribution in [3.63, 3.8) is 0 Å². The summed E-state index contributed by atoms with van der Waals surface area (Å²) < 4.78 is 0. The molecule has 2 aromatic rings. The van der Waals surface area contributed by atoms with E-state index in [9.17, 15) is 9.90 Å². The number of hydrogen-bond donors (Lipinski definition) is 2. The number of nitrogens with zero attached hydrogens (tertiary/aromatic N) is 3. The highest BCUT2D eigenvalue weighted by Gasteiger charge is 2.11. The van der Waals surface area contributed by atoms with E-state index in [1.165, 1.54) is 23.3 Å². The Balaban J connectivity index is 2.22. The van der Waals surface area contributed by atoms with Crippen molar-refractivity contribution in [3.05, 3.63) is 42.0 Å². The zero-order valence-electron chi connectivity index (χ0n) is 8.58. The van der Waals surface area contributed by atoms with Crippen LogP contribution >= 0.6 is 0 Å². The maximum absolute atomic E-state index is 11.7. The lowest BCUT2D eigenvalue weighted by Crippen LogP contribution is -2.25. The largest absolute Gasteiger partial charge is 0.507 e. The Bertz CT molecular complexity index is 521. The summed E-state index contributed by atoms with van der Waals surface area (Å²) in [6.07, 6.45) is 1.33. The summed E-state index contributed by atoms with van der Waals surface area (Å²) in [4.78, 5) is 16.8. The number of phenols is 1. The first-order valence-electron chi connectivity index (χ1n) is 4.64. The van der Waals surface area contributed by atoms with Crippen molar-refractivity contribution in [2.45, 2.75) is 6.92 Å². The molecule has 0 spiro atoms. The zero-order valence-corrected chi connectivity index (χ0v) is 8.58. The quantitative estimate of drug-likeness (QED) is 0.776. The minimum atomic E-state index is -0.438. The Morgan fingerprint density at radius 1 is 1.44 bits per heavy atom. The predicted molar refractivity (Wildman–Crippen MR) is 56.6 cm³/mol. The van der Waals surface area contributed by atoms with Gasteiger partial charge in [0.1, 0.15) is 17.9 Å². The average molecular weight is 218 g/mol. The van der Waals surface area contributed by atoms with E-state index in [1.54, 1.807) is 19.1 Å². The van der Waals surface area contributed by atoms with Gasteiger partial charge in [-0.2, -0.15) is 4.79 Å². The van der Waals surface area contributed by atoms with Gasteiger partial charge < -0.3 is 5.11 Å². The predicted octanol–water partition coefficient (Wildman–Crippen LogP) is 0.676. The molecule has 82 valence electrons. The summed E-state index contributed by atoms with van der Waals surface area (Å²) in [5.41, 5.74) is 2.68. The number of aromatic hydroxyl groups is 1. The molecule has 0 aliphatic carbocycles. The average Bonchev–Trinajstić information content (AvgIpc) is 2.65. The van der Waals surface area contributed by atoms with E-state index in [-0.39, 0.29) is 11.3 Å². The molecule has 1 heterocycles. The van der Waals surface area contributed by atoms with E-state index < -0.39 is 5.91 Å². The van der Waals surface area contributed by atoms with E-state index in [4.69, 9.17) is 0 Å². The van der Waals surface area contributed by atoms with Crippen molar-refractivity contribution in [1.82, 2.24) is 14.9 Å². The fraction of sp³-hybridized carbons (Fsp3) is 0.100. The number of nitrogens with one attached hydrogen (secondary N) is 1. The van der Waals surface area contributed by atoms with E-state index in [1.807, 2.05) is 0 Å². The third-order valence-corrected chi connectivity index (χ3v) is 2.07. The molecule has 1 aromatic carbocycles. The molecule has 0 unspecified atom stereocenters. The normalized spacial score (nSPS) is 10.1. The summed E-state index contributed by atoms with van der Waals surface area (Å²) in [7, 11) is 0. The van der Waals surface area contributed by atoms with Crippen molar-refractivity contribution >= 4 is 5.91 Å². The minimum Gasteiger partial charge on any atom is -0.507 e. The standard InChI is InChI=1S/C10H10N4O2/c1-7-11-6-12-14(7)13-10(16)8-4-2-3-5-9(8)15/h2-6,15H,1H3,(H,13,16). The van der Waals surface area contributed by atoms with Gasteiger partial charge in [0.25, 0.3) is 5.91 Å². The number of amides is 1. The van der Waals surface area contributed by atoms with Crippen LogP contribution in [0, 0.1) is 6.92 Å². The number of rotatable bonds is 2. The molecule has 6 nitrogen and oxygen atoms in total. The Morgan fingerprint density at radius 2 is 2.19 bits per heavy atom. The van der Waals surface area contributed by atoms with Gasteiger partial charge in [0, 0.05) is 0 Å². The highest BCUT2D eigenvalue weighted by molar-refractivity contribution is 6.02. The minimum absolute atomic E-state index is 0.0715. The van der Waals surface area contributed by atoms with Crippen LogP contribution in [-0.2, 0) is 0 Å². The van der Waals surface area contributed by atoms with Crippen LogP contribution in [0.4, 0.5) is 0 Å². The number of benzene rings is 1. The molecule has 2 N–H and O–H groups in total. The highest BCUT2D eigenvalue weighted by atomic mass is 16.3. The van der Waals surface area contributed by atoms with Crippen LogP contribution in [0.5, 0.6) is 5.75 Å². The number of carbonyl (C=O) groups is 1. The van der Waals surface area contributed by atoms with E-state index in [0.29, 0.717) is 5.82 Å². The van der Waals surface area contributed by atoms with Crippen LogP contribution in [-0.4, -0.2) is 25.9 Å². The fourth-order valence-corrected chi connectivity index (χ4v) is 1.23. The van der Waals surface area contributed by atoms with E-state index >= 15 is 0 Å². The number of phenolic OH excluding ortho intramolecular Hbond substituents is 1. The topological polar surface area (TPSA) is 80.0 Å². The molecular formula is C10H10N4O2. The number of aromatic nitrogens is 3. The Kier molecular flexibility index (Phi) is 2.55. The maximum atomic E-state index is 11.7. The molecule has 1 amide bonds. The van der Waals surface area contributed by atoms with Crippen LogP contribution in [0.25, 0.3) is 0 Å². The lowest BCUT2D eigenvalue weighted by atomic mass is 10.2. The highest BCUT2D eigenvalue weighted by Crippen LogP contribution is 2.15. The Morgan fingerprint density at radius 3 is 2.81 bits per heavy atom. The van der Waals surface area contributed by atoms with Crippen molar-refractivity contribution in [2.75, 3.05) is 5.43 Å². The van der Waals surface area contributed by atoms with Crippen molar-refractivity contribution in [1.29, 1.82) is 0 Å². The smallest absolute Gasteiger partial charge is 0.275 e. The van der Waals surface area contributed by atoms with Gasteiger partial charge in [-0.05, 0) is 19.1 Å². The fourth-order valence-electron chi connectivity index (χ4n) is 1.23. The number of para-hydroxylation sites is 1. The molecule has 0 aliphatic rings. The second kappa shape index (κ2) is 4.01. The lowest BCUT2D eigenvalue weighted by Gasteiger charge is -2.06. The zero-order chi connectivity index (χ0) is 11.5. The maximum Gasteiger partial charge on any atom is 0.275 e. The molecule has 0 bridgehead atoms. The van der Waals surface area contributed by atoms with Gasteiger partial charge in [-0.15, -0.1) is 5.10 Å². The molecule has 0 aliphatic heterocycles. The van der Waals surface area contributed by atoms with Crippen LogP contribution in [0.1, 0.15) is 16.2 Å². The van der Waals surface area contributed by atoms with Gasteiger partial charge in [-0.25, -0.2) is 10.4 Å². The molecular weight excluding hydrogens is 208 g/mol. The molecule has 0 atom stereocenters. The Labute approximate surface area is 91.5 Å². The van der Waals surface area contributed by atoms with Crippen molar-refractivity contribution in [2.24, 2.45) is 0 Å². The number of aryl methyl sites for hydroxylation is 1. The van der Waals surface area contributed by atoms with Crippen LogP contribution in [0.3, 0.4) is 0 Å². The summed E-state index contributed by atoms with van der Waals surface area (Å²) >= 11 is 0. The first kappa shape index (κ1) is 10.2. The van der Waals surface area contributed by atoms with Gasteiger partial charge in [-0.1, -0.05) is 12.1 Å². The third-order valence-electron chi connectivity index (χ3n) is 2.07. The molecule has 16 heavy (non-hydrogen) atoms. The van der Waals surface area contributed by atoms with Gasteiger partial charge in [0.2, 0.25) is 0 Å². The van der Waals surface area contributed by atoms with Gasteiger partial charge in [-0.3, -0.25) is 4.79 Å². The van der Waals surface area contributed by atoms with Crippen molar-refractivity contribution in [3.8, 4) is 5.75 Å². The lowest BCUT2D eigenvalue weighted by molar-refractivity contribution is 0.100. The molecule has 0 radical (unpaired) electrons.